The first-order valence-corrected chi connectivity index (χ1v) is 7.12. The zero-order chi connectivity index (χ0) is 13.4. The Balaban J connectivity index is 2.22. The van der Waals surface area contributed by atoms with Crippen LogP contribution in [0.25, 0.3) is 0 Å². The van der Waals surface area contributed by atoms with E-state index in [0.29, 0.717) is 6.04 Å². The van der Waals surface area contributed by atoms with Gasteiger partial charge in [0.1, 0.15) is 0 Å². The van der Waals surface area contributed by atoms with E-state index in [4.69, 9.17) is 5.73 Å². The number of nitrogens with two attached hydrogens (primary N) is 1. The van der Waals surface area contributed by atoms with E-state index >= 15 is 0 Å². The summed E-state index contributed by atoms with van der Waals surface area (Å²) in [5.41, 5.74) is 8.51. The minimum atomic E-state index is 0.321. The van der Waals surface area contributed by atoms with Crippen molar-refractivity contribution in [2.24, 2.45) is 11.7 Å². The Kier molecular flexibility index (Phi) is 6.99. The van der Waals surface area contributed by atoms with E-state index in [9.17, 15) is 0 Å². The molecule has 2 nitrogen and oxygen atoms in total. The van der Waals surface area contributed by atoms with Crippen LogP contribution in [-0.4, -0.2) is 12.6 Å². The molecule has 2 heteroatoms. The molecule has 3 N–H and O–H groups in total. The van der Waals surface area contributed by atoms with Gasteiger partial charge in [-0.3, -0.25) is 0 Å². The second-order valence-corrected chi connectivity index (χ2v) is 5.71. The van der Waals surface area contributed by atoms with Crippen molar-refractivity contribution in [2.75, 3.05) is 6.54 Å². The zero-order valence-electron chi connectivity index (χ0n) is 12.1. The maximum atomic E-state index is 5.71. The Bertz CT molecular complexity index is 314. The summed E-state index contributed by atoms with van der Waals surface area (Å²) in [7, 11) is 0. The minimum absolute atomic E-state index is 0.321. The lowest BCUT2D eigenvalue weighted by Crippen LogP contribution is -2.19. The van der Waals surface area contributed by atoms with Crippen LogP contribution in [0.5, 0.6) is 0 Å². The fourth-order valence-electron chi connectivity index (χ4n) is 2.05. The lowest BCUT2D eigenvalue weighted by Gasteiger charge is -2.08. The standard InChI is InChI=1S/C16H28N2/c1-13(2)11-15-6-8-16(9-7-15)12-18-10-4-5-14(3)17/h6-9,13-14,18H,4-5,10-12,17H2,1-3H3. The number of hydrogen-bond acceptors (Lipinski definition) is 2. The van der Waals surface area contributed by atoms with Crippen LogP contribution in [-0.2, 0) is 13.0 Å². The van der Waals surface area contributed by atoms with Crippen molar-refractivity contribution in [3.05, 3.63) is 35.4 Å². The number of nitrogens with one attached hydrogen (secondary N) is 1. The molecule has 1 atom stereocenters. The molecule has 0 aromatic heterocycles. The Morgan fingerprint density at radius 1 is 1.06 bits per heavy atom. The van der Waals surface area contributed by atoms with Gasteiger partial charge in [0.15, 0.2) is 0 Å². The van der Waals surface area contributed by atoms with Crippen LogP contribution < -0.4 is 11.1 Å². The Hall–Kier alpha value is -0.860. The molecule has 1 unspecified atom stereocenters. The molecule has 0 aliphatic carbocycles. The fraction of sp³-hybridized carbons (Fsp3) is 0.625. The average Bonchev–Trinajstić information content (AvgIpc) is 2.30. The first-order chi connectivity index (χ1) is 8.58. The van der Waals surface area contributed by atoms with E-state index in [1.165, 1.54) is 17.5 Å². The van der Waals surface area contributed by atoms with E-state index in [0.717, 1.165) is 31.8 Å². The largest absolute Gasteiger partial charge is 0.328 e. The maximum Gasteiger partial charge on any atom is 0.0205 e. The van der Waals surface area contributed by atoms with Crippen molar-refractivity contribution in [3.63, 3.8) is 0 Å². The van der Waals surface area contributed by atoms with Gasteiger partial charge in [0.25, 0.3) is 0 Å². The molecule has 0 aliphatic heterocycles. The molecule has 1 rings (SSSR count). The topological polar surface area (TPSA) is 38.0 Å². The van der Waals surface area contributed by atoms with Crippen LogP contribution in [0.4, 0.5) is 0 Å². The van der Waals surface area contributed by atoms with Gasteiger partial charge in [0.05, 0.1) is 0 Å². The van der Waals surface area contributed by atoms with Gasteiger partial charge in [0, 0.05) is 12.6 Å². The van der Waals surface area contributed by atoms with Gasteiger partial charge in [-0.25, -0.2) is 0 Å². The summed E-state index contributed by atoms with van der Waals surface area (Å²) in [6.07, 6.45) is 3.42. The third kappa shape index (κ3) is 6.77. The Labute approximate surface area is 112 Å². The van der Waals surface area contributed by atoms with Gasteiger partial charge in [-0.05, 0) is 49.8 Å². The zero-order valence-corrected chi connectivity index (χ0v) is 12.1. The summed E-state index contributed by atoms with van der Waals surface area (Å²) in [4.78, 5) is 0. The quantitative estimate of drug-likeness (QED) is 0.694. The van der Waals surface area contributed by atoms with Gasteiger partial charge in [0.2, 0.25) is 0 Å². The number of benzene rings is 1. The minimum Gasteiger partial charge on any atom is -0.328 e. The lowest BCUT2D eigenvalue weighted by atomic mass is 10.0. The fourth-order valence-corrected chi connectivity index (χ4v) is 2.05. The summed E-state index contributed by atoms with van der Waals surface area (Å²) >= 11 is 0. The molecule has 0 saturated carbocycles. The van der Waals surface area contributed by atoms with E-state index in [2.05, 4.69) is 50.4 Å². The second-order valence-electron chi connectivity index (χ2n) is 5.71. The summed E-state index contributed by atoms with van der Waals surface area (Å²) < 4.78 is 0. The van der Waals surface area contributed by atoms with E-state index in [-0.39, 0.29) is 0 Å². The van der Waals surface area contributed by atoms with Crippen LogP contribution in [0.2, 0.25) is 0 Å². The molecule has 1 aromatic rings. The number of rotatable bonds is 8. The summed E-state index contributed by atoms with van der Waals surface area (Å²) in [5.74, 6) is 0.729. The predicted octanol–water partition coefficient (Wildman–Crippen LogP) is 3.10. The van der Waals surface area contributed by atoms with Crippen LogP contribution in [0.15, 0.2) is 24.3 Å². The lowest BCUT2D eigenvalue weighted by molar-refractivity contribution is 0.574. The van der Waals surface area contributed by atoms with Crippen LogP contribution in [0.3, 0.4) is 0 Å². The highest BCUT2D eigenvalue weighted by Crippen LogP contribution is 2.09. The molecule has 1 aromatic carbocycles. The van der Waals surface area contributed by atoms with Gasteiger partial charge in [-0.2, -0.15) is 0 Å². The molecule has 0 amide bonds. The SMILES string of the molecule is CC(C)Cc1ccc(CNCCCC(C)N)cc1. The molecule has 0 bridgehead atoms. The van der Waals surface area contributed by atoms with E-state index in [1.807, 2.05) is 0 Å². The smallest absolute Gasteiger partial charge is 0.0205 e. The monoisotopic (exact) mass is 248 g/mol. The highest BCUT2D eigenvalue weighted by atomic mass is 14.8. The summed E-state index contributed by atoms with van der Waals surface area (Å²) in [6.45, 7) is 8.59. The van der Waals surface area contributed by atoms with Gasteiger partial charge >= 0.3 is 0 Å². The van der Waals surface area contributed by atoms with Crippen molar-refractivity contribution in [1.82, 2.24) is 5.32 Å². The Morgan fingerprint density at radius 2 is 1.67 bits per heavy atom. The first-order valence-electron chi connectivity index (χ1n) is 7.12. The third-order valence-corrected chi connectivity index (χ3v) is 3.01. The van der Waals surface area contributed by atoms with Crippen molar-refractivity contribution in [1.29, 1.82) is 0 Å². The van der Waals surface area contributed by atoms with Gasteiger partial charge < -0.3 is 11.1 Å². The predicted molar refractivity (Wildman–Crippen MR) is 79.6 cm³/mol. The molecular formula is C16H28N2. The molecule has 0 spiro atoms. The third-order valence-electron chi connectivity index (χ3n) is 3.01. The maximum absolute atomic E-state index is 5.71. The molecule has 0 radical (unpaired) electrons. The normalized spacial score (nSPS) is 12.9. The van der Waals surface area contributed by atoms with E-state index < -0.39 is 0 Å². The average molecular weight is 248 g/mol. The highest BCUT2D eigenvalue weighted by Gasteiger charge is 1.98. The van der Waals surface area contributed by atoms with Crippen molar-refractivity contribution in [2.45, 2.75) is 52.6 Å². The van der Waals surface area contributed by atoms with E-state index in [1.54, 1.807) is 0 Å². The van der Waals surface area contributed by atoms with Crippen LogP contribution in [0.1, 0.15) is 44.7 Å². The summed E-state index contributed by atoms with van der Waals surface area (Å²) in [5, 5.41) is 3.46. The molecule has 0 heterocycles. The number of hydrogen-bond donors (Lipinski definition) is 2. The van der Waals surface area contributed by atoms with Crippen LogP contribution >= 0.6 is 0 Å². The highest BCUT2D eigenvalue weighted by molar-refractivity contribution is 5.22. The summed E-state index contributed by atoms with van der Waals surface area (Å²) in [6, 6.07) is 9.28. The van der Waals surface area contributed by atoms with Crippen molar-refractivity contribution in [3.8, 4) is 0 Å². The molecule has 18 heavy (non-hydrogen) atoms. The molecular weight excluding hydrogens is 220 g/mol. The molecule has 102 valence electrons. The van der Waals surface area contributed by atoms with Gasteiger partial charge in [-0.1, -0.05) is 38.1 Å². The van der Waals surface area contributed by atoms with Crippen LogP contribution in [0, 0.1) is 5.92 Å². The molecule has 0 fully saturated rings. The van der Waals surface area contributed by atoms with Crippen molar-refractivity contribution < 1.29 is 0 Å². The Morgan fingerprint density at radius 3 is 2.22 bits per heavy atom. The van der Waals surface area contributed by atoms with Gasteiger partial charge in [-0.15, -0.1) is 0 Å². The van der Waals surface area contributed by atoms with Crippen molar-refractivity contribution >= 4 is 0 Å². The molecule has 0 saturated heterocycles. The second kappa shape index (κ2) is 8.28. The molecule has 0 aliphatic rings. The first kappa shape index (κ1) is 15.2.